The topological polar surface area (TPSA) is 29.5 Å². The zero-order valence-corrected chi connectivity index (χ0v) is 13.2. The van der Waals surface area contributed by atoms with Crippen molar-refractivity contribution in [3.8, 4) is 11.1 Å². The lowest BCUT2D eigenvalue weighted by Crippen LogP contribution is -2.36. The number of ether oxygens (including phenoxy) is 1. The fraction of sp³-hybridized carbons (Fsp3) is 0.350. The first-order valence-corrected chi connectivity index (χ1v) is 8.44. The summed E-state index contributed by atoms with van der Waals surface area (Å²) in [6.07, 6.45) is 3.23. The smallest absolute Gasteiger partial charge is 0.409 e. The molecule has 1 saturated heterocycles. The number of hydrogen-bond acceptors (Lipinski definition) is 2. The first-order chi connectivity index (χ1) is 11.3. The largest absolute Gasteiger partial charge is 0.448 e. The highest BCUT2D eigenvalue weighted by atomic mass is 16.6. The van der Waals surface area contributed by atoms with E-state index in [1.54, 1.807) is 0 Å². The molecule has 2 aliphatic rings. The Bertz CT molecular complexity index is 674. The van der Waals surface area contributed by atoms with Gasteiger partial charge in [0.2, 0.25) is 0 Å². The molecule has 0 bridgehead atoms. The lowest BCUT2D eigenvalue weighted by atomic mass is 9.98. The van der Waals surface area contributed by atoms with Crippen LogP contribution < -0.4 is 0 Å². The summed E-state index contributed by atoms with van der Waals surface area (Å²) in [6.45, 7) is 2.08. The van der Waals surface area contributed by atoms with Gasteiger partial charge >= 0.3 is 6.09 Å². The molecule has 0 atom stereocenters. The van der Waals surface area contributed by atoms with Gasteiger partial charge in [0.15, 0.2) is 0 Å². The van der Waals surface area contributed by atoms with Gasteiger partial charge in [0.25, 0.3) is 0 Å². The summed E-state index contributed by atoms with van der Waals surface area (Å²) in [6, 6.07) is 16.9. The lowest BCUT2D eigenvalue weighted by molar-refractivity contribution is 0.0929. The van der Waals surface area contributed by atoms with Crippen molar-refractivity contribution in [2.75, 3.05) is 19.7 Å². The third kappa shape index (κ3) is 2.61. The number of fused-ring (bicyclic) bond motifs is 3. The van der Waals surface area contributed by atoms with Crippen LogP contribution in [0.4, 0.5) is 4.79 Å². The van der Waals surface area contributed by atoms with Crippen molar-refractivity contribution >= 4 is 6.09 Å². The van der Waals surface area contributed by atoms with E-state index in [9.17, 15) is 4.79 Å². The number of carbonyl (C=O) groups is 1. The van der Waals surface area contributed by atoms with Crippen molar-refractivity contribution in [2.45, 2.75) is 25.2 Å². The van der Waals surface area contributed by atoms with E-state index in [1.165, 1.54) is 28.7 Å². The monoisotopic (exact) mass is 307 g/mol. The molecule has 1 aliphatic heterocycles. The highest BCUT2D eigenvalue weighted by Crippen LogP contribution is 2.44. The van der Waals surface area contributed by atoms with E-state index >= 15 is 0 Å². The Morgan fingerprint density at radius 3 is 2.09 bits per heavy atom. The van der Waals surface area contributed by atoms with Crippen LogP contribution >= 0.6 is 0 Å². The average Bonchev–Trinajstić information content (AvgIpc) is 2.94. The van der Waals surface area contributed by atoms with Crippen LogP contribution in [0, 0.1) is 0 Å². The summed E-state index contributed by atoms with van der Waals surface area (Å²) in [5.41, 5.74) is 5.06. The maximum atomic E-state index is 12.3. The standard InChI is InChI=1S/C20H21NO2/c22-20(21-12-6-1-7-13-21)23-14-19-17-10-4-2-8-15(17)16-9-3-5-11-18(16)19/h2-5,8-11,19H,1,6-7,12-14H2. The van der Waals surface area contributed by atoms with E-state index in [0.29, 0.717) is 6.61 Å². The zero-order chi connectivity index (χ0) is 15.6. The number of piperidine rings is 1. The molecule has 3 nitrogen and oxygen atoms in total. The minimum Gasteiger partial charge on any atom is -0.448 e. The lowest BCUT2D eigenvalue weighted by Gasteiger charge is -2.26. The van der Waals surface area contributed by atoms with Crippen molar-refractivity contribution in [1.82, 2.24) is 4.90 Å². The van der Waals surface area contributed by atoms with Gasteiger partial charge in [-0.2, -0.15) is 0 Å². The molecule has 1 fully saturated rings. The molecule has 1 aliphatic carbocycles. The predicted molar refractivity (Wildman–Crippen MR) is 90.5 cm³/mol. The molecule has 0 aromatic heterocycles. The van der Waals surface area contributed by atoms with Crippen LogP contribution in [0.15, 0.2) is 48.5 Å². The highest BCUT2D eigenvalue weighted by molar-refractivity contribution is 5.79. The first kappa shape index (κ1) is 14.3. The minimum absolute atomic E-state index is 0.149. The Kier molecular flexibility index (Phi) is 3.78. The second-order valence-corrected chi connectivity index (χ2v) is 6.35. The predicted octanol–water partition coefficient (Wildman–Crippen LogP) is 4.42. The molecule has 4 rings (SSSR count). The van der Waals surface area contributed by atoms with Crippen LogP contribution in [-0.2, 0) is 4.74 Å². The number of nitrogens with zero attached hydrogens (tertiary/aromatic N) is 1. The third-order valence-corrected chi connectivity index (χ3v) is 4.95. The molecule has 2 aromatic carbocycles. The van der Waals surface area contributed by atoms with Crippen LogP contribution in [-0.4, -0.2) is 30.7 Å². The van der Waals surface area contributed by atoms with Gasteiger partial charge in [0, 0.05) is 19.0 Å². The van der Waals surface area contributed by atoms with E-state index in [0.717, 1.165) is 25.9 Å². The quantitative estimate of drug-likeness (QED) is 0.822. The zero-order valence-electron chi connectivity index (χ0n) is 13.2. The second kappa shape index (κ2) is 6.07. The van der Waals surface area contributed by atoms with Crippen LogP contribution in [0.1, 0.15) is 36.3 Å². The van der Waals surface area contributed by atoms with Gasteiger partial charge in [0.05, 0.1) is 0 Å². The summed E-state index contributed by atoms with van der Waals surface area (Å²) < 4.78 is 5.67. The van der Waals surface area contributed by atoms with E-state index in [-0.39, 0.29) is 12.0 Å². The van der Waals surface area contributed by atoms with Gasteiger partial charge in [-0.15, -0.1) is 0 Å². The molecule has 3 heteroatoms. The second-order valence-electron chi connectivity index (χ2n) is 6.35. The molecule has 1 amide bonds. The number of amides is 1. The summed E-state index contributed by atoms with van der Waals surface area (Å²) in [5.74, 6) is 0.149. The van der Waals surface area contributed by atoms with Gasteiger partial charge in [-0.1, -0.05) is 48.5 Å². The van der Waals surface area contributed by atoms with E-state index in [4.69, 9.17) is 4.74 Å². The Hall–Kier alpha value is -2.29. The summed E-state index contributed by atoms with van der Waals surface area (Å²) in [4.78, 5) is 14.1. The van der Waals surface area contributed by atoms with Crippen molar-refractivity contribution in [3.63, 3.8) is 0 Å². The SMILES string of the molecule is O=C(OCC1c2ccccc2-c2ccccc21)N1CCCCC1. The molecule has 0 spiro atoms. The highest BCUT2D eigenvalue weighted by Gasteiger charge is 2.29. The van der Waals surface area contributed by atoms with E-state index in [2.05, 4.69) is 48.5 Å². The molecule has 1 heterocycles. The minimum atomic E-state index is -0.161. The normalized spacial score (nSPS) is 16.8. The number of benzene rings is 2. The van der Waals surface area contributed by atoms with Crippen LogP contribution in [0.5, 0.6) is 0 Å². The molecule has 0 radical (unpaired) electrons. The maximum Gasteiger partial charge on any atom is 0.409 e. The molecule has 0 saturated carbocycles. The molecule has 2 aromatic rings. The number of carbonyl (C=O) groups excluding carboxylic acids is 1. The van der Waals surface area contributed by atoms with Crippen LogP contribution in [0.3, 0.4) is 0 Å². The number of hydrogen-bond donors (Lipinski definition) is 0. The maximum absolute atomic E-state index is 12.3. The van der Waals surface area contributed by atoms with Gasteiger partial charge in [-0.25, -0.2) is 4.79 Å². The number of rotatable bonds is 2. The Labute approximate surface area is 136 Å². The van der Waals surface area contributed by atoms with Crippen molar-refractivity contribution in [1.29, 1.82) is 0 Å². The fourth-order valence-electron chi connectivity index (χ4n) is 3.76. The van der Waals surface area contributed by atoms with Crippen molar-refractivity contribution in [3.05, 3.63) is 59.7 Å². The molecule has 0 unspecified atom stereocenters. The van der Waals surface area contributed by atoms with Gasteiger partial charge in [-0.3, -0.25) is 0 Å². The molecule has 0 N–H and O–H groups in total. The summed E-state index contributed by atoms with van der Waals surface area (Å²) in [5, 5.41) is 0. The Morgan fingerprint density at radius 1 is 0.913 bits per heavy atom. The number of likely N-dealkylation sites (tertiary alicyclic amines) is 1. The summed E-state index contributed by atoms with van der Waals surface area (Å²) >= 11 is 0. The first-order valence-electron chi connectivity index (χ1n) is 8.44. The van der Waals surface area contributed by atoms with Gasteiger partial charge in [-0.05, 0) is 41.5 Å². The van der Waals surface area contributed by atoms with Crippen molar-refractivity contribution < 1.29 is 9.53 Å². The van der Waals surface area contributed by atoms with E-state index < -0.39 is 0 Å². The molecule has 23 heavy (non-hydrogen) atoms. The van der Waals surface area contributed by atoms with Gasteiger partial charge in [0.1, 0.15) is 6.61 Å². The van der Waals surface area contributed by atoms with Crippen LogP contribution in [0.2, 0.25) is 0 Å². The van der Waals surface area contributed by atoms with Crippen LogP contribution in [0.25, 0.3) is 11.1 Å². The van der Waals surface area contributed by atoms with Gasteiger partial charge < -0.3 is 9.64 Å². The fourth-order valence-corrected chi connectivity index (χ4v) is 3.76. The molecular formula is C20H21NO2. The Balaban J connectivity index is 1.53. The van der Waals surface area contributed by atoms with E-state index in [1.807, 2.05) is 4.90 Å². The Morgan fingerprint density at radius 2 is 1.48 bits per heavy atom. The molecular weight excluding hydrogens is 286 g/mol. The van der Waals surface area contributed by atoms with Crippen molar-refractivity contribution in [2.24, 2.45) is 0 Å². The average molecular weight is 307 g/mol. The molecule has 118 valence electrons. The third-order valence-electron chi connectivity index (χ3n) is 4.95. The summed E-state index contributed by atoms with van der Waals surface area (Å²) in [7, 11) is 0.